The van der Waals surface area contributed by atoms with Crippen LogP contribution in [0, 0.1) is 0 Å². The molecule has 0 unspecified atom stereocenters. The van der Waals surface area contributed by atoms with Crippen LogP contribution >= 0.6 is 0 Å². The van der Waals surface area contributed by atoms with Crippen LogP contribution in [-0.2, 0) is 11.2 Å². The fourth-order valence-electron chi connectivity index (χ4n) is 6.91. The third kappa shape index (κ3) is 21.7. The second-order valence-electron chi connectivity index (χ2n) is 14.4. The van der Waals surface area contributed by atoms with Gasteiger partial charge in [-0.1, -0.05) is 148 Å². The zero-order valence-corrected chi connectivity index (χ0v) is 31.4. The van der Waals surface area contributed by atoms with Crippen molar-refractivity contribution in [3.8, 4) is 0 Å². The molecule has 1 aromatic carbocycles. The lowest BCUT2D eigenvalue weighted by atomic mass is 10.1. The molecule has 5 nitrogen and oxygen atoms in total. The van der Waals surface area contributed by atoms with E-state index in [-0.39, 0.29) is 5.91 Å². The average molecular weight is 653 g/mol. The Morgan fingerprint density at radius 1 is 0.617 bits per heavy atom. The molecule has 0 spiro atoms. The highest BCUT2D eigenvalue weighted by molar-refractivity contribution is 5.84. The predicted molar refractivity (Wildman–Crippen MR) is 206 cm³/mol. The van der Waals surface area contributed by atoms with Crippen molar-refractivity contribution < 1.29 is 4.79 Å². The van der Waals surface area contributed by atoms with Gasteiger partial charge in [-0.05, 0) is 83.5 Å². The van der Waals surface area contributed by atoms with Crippen LogP contribution in [-0.4, -0.2) is 67.0 Å². The summed E-state index contributed by atoms with van der Waals surface area (Å²) < 4.78 is 0. The highest BCUT2D eigenvalue weighted by Crippen LogP contribution is 2.19. The molecule has 0 aliphatic rings. The number of fused-ring (bicyclic) bond motifs is 1. The largest absolute Gasteiger partial charge is 0.361 e. The van der Waals surface area contributed by atoms with E-state index in [4.69, 9.17) is 0 Å². The molecule has 2 rings (SSSR count). The van der Waals surface area contributed by atoms with E-state index in [2.05, 4.69) is 59.2 Å². The number of rotatable bonds is 33. The molecule has 2 N–H and O–H groups in total. The zero-order chi connectivity index (χ0) is 33.6. The van der Waals surface area contributed by atoms with Gasteiger partial charge in [0.05, 0.1) is 0 Å². The van der Waals surface area contributed by atoms with Crippen molar-refractivity contribution in [1.82, 2.24) is 20.1 Å². The van der Waals surface area contributed by atoms with Gasteiger partial charge >= 0.3 is 0 Å². The SMILES string of the molecule is CCCCCCCCCCCCN(CCCCCCCCCCCC)CCCN(C)CCCNC(=O)CCc1c[nH]c2ccccc12. The number of benzene rings is 1. The summed E-state index contributed by atoms with van der Waals surface area (Å²) in [6.45, 7) is 11.3. The minimum atomic E-state index is 0.160. The number of nitrogens with one attached hydrogen (secondary N) is 2. The number of unbranched alkanes of at least 4 members (excludes halogenated alkanes) is 18. The molecular weight excluding hydrogens is 576 g/mol. The molecule has 0 aliphatic heterocycles. The lowest BCUT2D eigenvalue weighted by molar-refractivity contribution is -0.121. The fraction of sp³-hybridized carbons (Fsp3) is 0.786. The molecule has 0 bridgehead atoms. The van der Waals surface area contributed by atoms with Gasteiger partial charge in [-0.15, -0.1) is 0 Å². The second kappa shape index (κ2) is 29.1. The van der Waals surface area contributed by atoms with E-state index in [1.165, 1.54) is 165 Å². The molecular formula is C42H76N4O. The molecule has 0 aliphatic carbocycles. The number of aromatic amines is 1. The van der Waals surface area contributed by atoms with Crippen LogP contribution in [0.1, 0.15) is 167 Å². The number of H-pyrrole nitrogens is 1. The van der Waals surface area contributed by atoms with Gasteiger partial charge in [-0.25, -0.2) is 0 Å². The molecule has 5 heteroatoms. The smallest absolute Gasteiger partial charge is 0.220 e. The van der Waals surface area contributed by atoms with Crippen molar-refractivity contribution in [3.05, 3.63) is 36.0 Å². The van der Waals surface area contributed by atoms with E-state index >= 15 is 0 Å². The molecule has 0 saturated carbocycles. The second-order valence-corrected chi connectivity index (χ2v) is 14.4. The summed E-state index contributed by atoms with van der Waals surface area (Å²) in [5.41, 5.74) is 2.37. The normalized spacial score (nSPS) is 11.8. The van der Waals surface area contributed by atoms with Crippen LogP contribution in [0.5, 0.6) is 0 Å². The van der Waals surface area contributed by atoms with Crippen LogP contribution in [0.25, 0.3) is 10.9 Å². The summed E-state index contributed by atoms with van der Waals surface area (Å²) in [4.78, 5) is 21.0. The van der Waals surface area contributed by atoms with Crippen LogP contribution in [0.4, 0.5) is 0 Å². The molecule has 270 valence electrons. The monoisotopic (exact) mass is 653 g/mol. The number of nitrogens with zero attached hydrogens (tertiary/aromatic N) is 2. The van der Waals surface area contributed by atoms with Crippen molar-refractivity contribution in [1.29, 1.82) is 0 Å². The van der Waals surface area contributed by atoms with E-state index in [1.54, 1.807) is 0 Å². The van der Waals surface area contributed by atoms with Crippen LogP contribution < -0.4 is 5.32 Å². The van der Waals surface area contributed by atoms with Crippen LogP contribution in [0.15, 0.2) is 30.5 Å². The molecule has 1 aromatic heterocycles. The number of aryl methyl sites for hydroxylation is 1. The summed E-state index contributed by atoms with van der Waals surface area (Å²) in [5, 5.41) is 4.37. The number of carbonyl (C=O) groups is 1. The van der Waals surface area contributed by atoms with Crippen molar-refractivity contribution in [2.24, 2.45) is 0 Å². The first-order valence-electron chi connectivity index (χ1n) is 20.4. The van der Waals surface area contributed by atoms with Gasteiger partial charge in [0.15, 0.2) is 0 Å². The first-order chi connectivity index (χ1) is 23.1. The molecule has 47 heavy (non-hydrogen) atoms. The number of para-hydroxylation sites is 1. The first-order valence-corrected chi connectivity index (χ1v) is 20.4. The Bertz CT molecular complexity index is 964. The molecule has 1 amide bonds. The highest BCUT2D eigenvalue weighted by atomic mass is 16.1. The summed E-state index contributed by atoms with van der Waals surface area (Å²) in [5.74, 6) is 0.160. The van der Waals surface area contributed by atoms with E-state index in [1.807, 2.05) is 12.3 Å². The van der Waals surface area contributed by atoms with Crippen molar-refractivity contribution in [2.75, 3.05) is 46.3 Å². The Hall–Kier alpha value is -1.85. The summed E-state index contributed by atoms with van der Waals surface area (Å²) in [7, 11) is 2.24. The van der Waals surface area contributed by atoms with Gasteiger partial charge in [0.2, 0.25) is 5.91 Å². The van der Waals surface area contributed by atoms with E-state index in [9.17, 15) is 4.79 Å². The minimum absolute atomic E-state index is 0.160. The number of carbonyl (C=O) groups excluding carboxylic acids is 1. The van der Waals surface area contributed by atoms with Gasteiger partial charge in [-0.2, -0.15) is 0 Å². The van der Waals surface area contributed by atoms with E-state index in [0.717, 1.165) is 38.0 Å². The molecule has 1 heterocycles. The van der Waals surface area contributed by atoms with E-state index in [0.29, 0.717) is 6.42 Å². The van der Waals surface area contributed by atoms with Crippen molar-refractivity contribution in [3.63, 3.8) is 0 Å². The predicted octanol–water partition coefficient (Wildman–Crippen LogP) is 11.1. The van der Waals surface area contributed by atoms with Gasteiger partial charge in [0, 0.05) is 30.1 Å². The molecule has 0 radical (unpaired) electrons. The lowest BCUT2D eigenvalue weighted by Crippen LogP contribution is -2.32. The molecule has 0 saturated heterocycles. The maximum atomic E-state index is 12.4. The third-order valence-corrected chi connectivity index (χ3v) is 10.0. The molecule has 0 fully saturated rings. The standard InChI is InChI=1S/C42H76N4O/c1-4-6-8-10-12-14-16-18-20-24-35-46(36-25-21-19-17-15-13-11-9-7-5-2)37-27-34-45(3)33-26-32-43-42(47)31-30-39-38-44-41-29-23-22-28-40(39)41/h22-23,28-29,38,44H,4-21,24-27,30-37H2,1-3H3,(H,43,47). The quantitative estimate of drug-likeness (QED) is 0.0754. The average Bonchev–Trinajstić information content (AvgIpc) is 3.50. The summed E-state index contributed by atoms with van der Waals surface area (Å²) >= 11 is 0. The van der Waals surface area contributed by atoms with Crippen molar-refractivity contribution in [2.45, 2.75) is 168 Å². The Balaban J connectivity index is 1.56. The third-order valence-electron chi connectivity index (χ3n) is 10.0. The number of hydrogen-bond acceptors (Lipinski definition) is 3. The van der Waals surface area contributed by atoms with Gasteiger partial charge < -0.3 is 20.1 Å². The number of hydrogen-bond donors (Lipinski definition) is 2. The Labute approximate surface area is 291 Å². The minimum Gasteiger partial charge on any atom is -0.361 e. The maximum absolute atomic E-state index is 12.4. The van der Waals surface area contributed by atoms with Gasteiger partial charge in [0.1, 0.15) is 0 Å². The van der Waals surface area contributed by atoms with Crippen LogP contribution in [0.2, 0.25) is 0 Å². The first kappa shape index (κ1) is 41.3. The lowest BCUT2D eigenvalue weighted by Gasteiger charge is -2.24. The Morgan fingerprint density at radius 2 is 1.11 bits per heavy atom. The number of amides is 1. The fourth-order valence-corrected chi connectivity index (χ4v) is 6.91. The Kier molecular flexibility index (Phi) is 25.6. The van der Waals surface area contributed by atoms with Crippen LogP contribution in [0.3, 0.4) is 0 Å². The maximum Gasteiger partial charge on any atom is 0.220 e. The van der Waals surface area contributed by atoms with E-state index < -0.39 is 0 Å². The topological polar surface area (TPSA) is 51.4 Å². The molecule has 2 aromatic rings. The zero-order valence-electron chi connectivity index (χ0n) is 31.4. The number of aromatic nitrogens is 1. The Morgan fingerprint density at radius 3 is 1.68 bits per heavy atom. The highest BCUT2D eigenvalue weighted by Gasteiger charge is 2.09. The van der Waals surface area contributed by atoms with Gasteiger partial charge in [-0.3, -0.25) is 4.79 Å². The summed E-state index contributed by atoms with van der Waals surface area (Å²) in [6.07, 6.45) is 33.9. The molecule has 0 atom stereocenters. The van der Waals surface area contributed by atoms with Crippen molar-refractivity contribution >= 4 is 16.8 Å². The summed E-state index contributed by atoms with van der Waals surface area (Å²) in [6, 6.07) is 8.32. The van der Waals surface area contributed by atoms with Gasteiger partial charge in [0.25, 0.3) is 0 Å².